The van der Waals surface area contributed by atoms with E-state index in [9.17, 15) is 4.79 Å². The van der Waals surface area contributed by atoms with Crippen LogP contribution in [-0.2, 0) is 4.74 Å². The average molecular weight is 288 g/mol. The Labute approximate surface area is 122 Å². The predicted octanol–water partition coefficient (Wildman–Crippen LogP) is 2.64. The average Bonchev–Trinajstić information content (AvgIpc) is 2.50. The van der Waals surface area contributed by atoms with Gasteiger partial charge < -0.3 is 19.9 Å². The number of hydrogen-bond acceptors (Lipinski definition) is 6. The van der Waals surface area contributed by atoms with Crippen LogP contribution in [0.1, 0.15) is 17.3 Å². The number of anilines is 1. The molecule has 21 heavy (non-hydrogen) atoms. The van der Waals surface area contributed by atoms with E-state index in [-0.39, 0.29) is 23.7 Å². The van der Waals surface area contributed by atoms with Crippen molar-refractivity contribution < 1.29 is 19.0 Å². The maximum Gasteiger partial charge on any atom is 0.340 e. The first kappa shape index (κ1) is 14.6. The van der Waals surface area contributed by atoms with Crippen LogP contribution in [0.25, 0.3) is 0 Å². The van der Waals surface area contributed by atoms with Crippen LogP contribution in [0, 0.1) is 0 Å². The van der Waals surface area contributed by atoms with Gasteiger partial charge in [-0.2, -0.15) is 0 Å². The second-order valence-electron chi connectivity index (χ2n) is 4.08. The first-order valence-corrected chi connectivity index (χ1v) is 6.39. The summed E-state index contributed by atoms with van der Waals surface area (Å²) in [5, 5.41) is 0. The summed E-state index contributed by atoms with van der Waals surface area (Å²) < 4.78 is 15.6. The summed E-state index contributed by atoms with van der Waals surface area (Å²) in [5.74, 6) is 0.905. The summed E-state index contributed by atoms with van der Waals surface area (Å²) in [4.78, 5) is 15.8. The number of hydrogen-bond donors (Lipinski definition) is 1. The molecular weight excluding hydrogens is 272 g/mol. The van der Waals surface area contributed by atoms with Crippen LogP contribution in [0.2, 0.25) is 0 Å². The van der Waals surface area contributed by atoms with Gasteiger partial charge in [-0.25, -0.2) is 9.78 Å². The number of carbonyl (C=O) groups excluding carboxylic acids is 1. The van der Waals surface area contributed by atoms with Crippen molar-refractivity contribution >= 4 is 11.7 Å². The molecule has 1 aromatic heterocycles. The molecule has 1 heterocycles. The Morgan fingerprint density at radius 1 is 1.19 bits per heavy atom. The van der Waals surface area contributed by atoms with E-state index in [1.54, 1.807) is 38.3 Å². The van der Waals surface area contributed by atoms with Gasteiger partial charge in [0.2, 0.25) is 5.88 Å². The fourth-order valence-electron chi connectivity index (χ4n) is 1.68. The SMILES string of the molecule is CCOC(=O)c1ccnc(Oc2ccc(OC)cc2)c1N. The van der Waals surface area contributed by atoms with Crippen molar-refractivity contribution in [1.29, 1.82) is 0 Å². The van der Waals surface area contributed by atoms with Crippen molar-refractivity contribution in [3.8, 4) is 17.4 Å². The maximum absolute atomic E-state index is 11.8. The zero-order valence-electron chi connectivity index (χ0n) is 11.8. The highest BCUT2D eigenvalue weighted by Crippen LogP contribution is 2.29. The molecule has 6 nitrogen and oxygen atoms in total. The molecule has 2 N–H and O–H groups in total. The quantitative estimate of drug-likeness (QED) is 0.851. The topological polar surface area (TPSA) is 83.7 Å². The molecule has 2 rings (SSSR count). The smallest absolute Gasteiger partial charge is 0.340 e. The number of nitrogens with zero attached hydrogens (tertiary/aromatic N) is 1. The Bertz CT molecular complexity index is 626. The van der Waals surface area contributed by atoms with Crippen LogP contribution in [0.4, 0.5) is 5.69 Å². The molecule has 0 spiro atoms. The minimum absolute atomic E-state index is 0.145. The summed E-state index contributed by atoms with van der Waals surface area (Å²) in [5.41, 5.74) is 6.28. The molecule has 0 saturated carbocycles. The van der Waals surface area contributed by atoms with E-state index in [0.717, 1.165) is 0 Å². The third-order valence-electron chi connectivity index (χ3n) is 2.72. The molecule has 2 aromatic rings. The van der Waals surface area contributed by atoms with Gasteiger partial charge in [-0.15, -0.1) is 0 Å². The van der Waals surface area contributed by atoms with E-state index in [1.165, 1.54) is 12.3 Å². The van der Waals surface area contributed by atoms with Crippen LogP contribution in [0.15, 0.2) is 36.5 Å². The van der Waals surface area contributed by atoms with Crippen LogP contribution >= 0.6 is 0 Å². The summed E-state index contributed by atoms with van der Waals surface area (Å²) in [6.07, 6.45) is 1.45. The number of methoxy groups -OCH3 is 1. The van der Waals surface area contributed by atoms with Crippen LogP contribution in [0.3, 0.4) is 0 Å². The minimum Gasteiger partial charge on any atom is -0.497 e. The highest BCUT2D eigenvalue weighted by molar-refractivity contribution is 5.96. The summed E-state index contributed by atoms with van der Waals surface area (Å²) >= 11 is 0. The van der Waals surface area contributed by atoms with Crippen molar-refractivity contribution in [2.24, 2.45) is 0 Å². The Hall–Kier alpha value is -2.76. The third kappa shape index (κ3) is 3.42. The van der Waals surface area contributed by atoms with E-state index in [4.69, 9.17) is 19.9 Å². The number of aromatic nitrogens is 1. The minimum atomic E-state index is -0.503. The highest BCUT2D eigenvalue weighted by atomic mass is 16.5. The lowest BCUT2D eigenvalue weighted by molar-refractivity contribution is 0.0527. The Morgan fingerprint density at radius 3 is 2.48 bits per heavy atom. The van der Waals surface area contributed by atoms with Crippen LogP contribution in [0.5, 0.6) is 17.4 Å². The number of benzene rings is 1. The van der Waals surface area contributed by atoms with Gasteiger partial charge >= 0.3 is 5.97 Å². The zero-order valence-corrected chi connectivity index (χ0v) is 11.8. The van der Waals surface area contributed by atoms with E-state index < -0.39 is 5.97 Å². The Morgan fingerprint density at radius 2 is 1.86 bits per heavy atom. The summed E-state index contributed by atoms with van der Waals surface area (Å²) in [6, 6.07) is 8.43. The number of esters is 1. The van der Waals surface area contributed by atoms with Crippen molar-refractivity contribution in [3.63, 3.8) is 0 Å². The fourth-order valence-corrected chi connectivity index (χ4v) is 1.68. The predicted molar refractivity (Wildman–Crippen MR) is 77.7 cm³/mol. The summed E-state index contributed by atoms with van der Waals surface area (Å²) in [6.45, 7) is 2.00. The molecule has 0 amide bonds. The molecule has 0 radical (unpaired) electrons. The largest absolute Gasteiger partial charge is 0.497 e. The monoisotopic (exact) mass is 288 g/mol. The first-order valence-electron chi connectivity index (χ1n) is 6.39. The molecule has 0 fully saturated rings. The van der Waals surface area contributed by atoms with E-state index >= 15 is 0 Å². The lowest BCUT2D eigenvalue weighted by Crippen LogP contribution is -2.09. The molecule has 1 aromatic carbocycles. The molecule has 0 aliphatic rings. The number of ether oxygens (including phenoxy) is 3. The Balaban J connectivity index is 2.23. The molecule has 0 unspecified atom stereocenters. The van der Waals surface area contributed by atoms with Crippen molar-refractivity contribution in [3.05, 3.63) is 42.1 Å². The second-order valence-corrected chi connectivity index (χ2v) is 4.08. The van der Waals surface area contributed by atoms with Crippen LogP contribution in [-0.4, -0.2) is 24.7 Å². The highest BCUT2D eigenvalue weighted by Gasteiger charge is 2.15. The second kappa shape index (κ2) is 6.60. The van der Waals surface area contributed by atoms with Gasteiger partial charge in [0.25, 0.3) is 0 Å². The van der Waals surface area contributed by atoms with Gasteiger partial charge in [-0.3, -0.25) is 0 Å². The maximum atomic E-state index is 11.8. The number of carbonyl (C=O) groups is 1. The van der Waals surface area contributed by atoms with Crippen molar-refractivity contribution in [2.45, 2.75) is 6.92 Å². The molecule has 0 saturated heterocycles. The molecule has 0 atom stereocenters. The molecule has 110 valence electrons. The standard InChI is InChI=1S/C15H16N2O4/c1-3-20-15(18)12-8-9-17-14(13(12)16)21-11-6-4-10(19-2)5-7-11/h4-9H,3,16H2,1-2H3. The molecule has 6 heteroatoms. The van der Waals surface area contributed by atoms with E-state index in [1.807, 2.05) is 0 Å². The zero-order chi connectivity index (χ0) is 15.2. The van der Waals surface area contributed by atoms with Crippen LogP contribution < -0.4 is 15.2 Å². The van der Waals surface area contributed by atoms with Crippen molar-refractivity contribution in [2.75, 3.05) is 19.5 Å². The van der Waals surface area contributed by atoms with Gasteiger partial charge in [0.1, 0.15) is 17.2 Å². The van der Waals surface area contributed by atoms with Gasteiger partial charge in [-0.05, 0) is 37.3 Å². The molecule has 0 aliphatic heterocycles. The van der Waals surface area contributed by atoms with E-state index in [0.29, 0.717) is 11.5 Å². The van der Waals surface area contributed by atoms with Gasteiger partial charge in [-0.1, -0.05) is 0 Å². The van der Waals surface area contributed by atoms with Gasteiger partial charge in [0.15, 0.2) is 0 Å². The summed E-state index contributed by atoms with van der Waals surface area (Å²) in [7, 11) is 1.58. The molecule has 0 aliphatic carbocycles. The Kier molecular flexibility index (Phi) is 4.61. The van der Waals surface area contributed by atoms with Gasteiger partial charge in [0.05, 0.1) is 19.3 Å². The number of nitrogen functional groups attached to an aromatic ring is 1. The molecular formula is C15H16N2O4. The fraction of sp³-hybridized carbons (Fsp3) is 0.200. The number of nitrogens with two attached hydrogens (primary N) is 1. The normalized spacial score (nSPS) is 10.0. The number of pyridine rings is 1. The molecule has 0 bridgehead atoms. The lowest BCUT2D eigenvalue weighted by Gasteiger charge is -2.10. The lowest BCUT2D eigenvalue weighted by atomic mass is 10.2. The number of rotatable bonds is 5. The first-order chi connectivity index (χ1) is 10.2. The van der Waals surface area contributed by atoms with Gasteiger partial charge in [0, 0.05) is 6.20 Å². The van der Waals surface area contributed by atoms with E-state index in [2.05, 4.69) is 4.98 Å². The third-order valence-corrected chi connectivity index (χ3v) is 2.72. The van der Waals surface area contributed by atoms with Crippen molar-refractivity contribution in [1.82, 2.24) is 4.98 Å².